The summed E-state index contributed by atoms with van der Waals surface area (Å²) >= 11 is 0. The van der Waals surface area contributed by atoms with Gasteiger partial charge >= 0.3 is 0 Å². The molecule has 0 saturated heterocycles. The molecule has 4 nitrogen and oxygen atoms in total. The van der Waals surface area contributed by atoms with E-state index in [1.54, 1.807) is 0 Å². The maximum absolute atomic E-state index is 12.9. The first-order valence-corrected chi connectivity index (χ1v) is 6.15. The van der Waals surface area contributed by atoms with Crippen LogP contribution >= 0.6 is 0 Å². The van der Waals surface area contributed by atoms with Crippen LogP contribution < -0.4 is 10.6 Å². The lowest BCUT2D eigenvalue weighted by atomic mass is 10.1. The summed E-state index contributed by atoms with van der Waals surface area (Å²) in [5, 5.41) is 0. The SMILES string of the molecule is CC(C)N(Cc1ccccc1N)c1ncc(F)cn1. The lowest BCUT2D eigenvalue weighted by molar-refractivity contribution is 0.603. The van der Waals surface area contributed by atoms with E-state index < -0.39 is 5.82 Å². The van der Waals surface area contributed by atoms with E-state index in [0.29, 0.717) is 12.5 Å². The van der Waals surface area contributed by atoms with Gasteiger partial charge in [0, 0.05) is 18.3 Å². The number of halogens is 1. The van der Waals surface area contributed by atoms with Gasteiger partial charge in [-0.3, -0.25) is 0 Å². The molecule has 0 atom stereocenters. The van der Waals surface area contributed by atoms with Crippen LogP contribution in [-0.4, -0.2) is 16.0 Å². The van der Waals surface area contributed by atoms with Gasteiger partial charge in [-0.05, 0) is 25.5 Å². The Kier molecular flexibility index (Phi) is 3.94. The van der Waals surface area contributed by atoms with Gasteiger partial charge in [-0.1, -0.05) is 18.2 Å². The number of anilines is 2. The molecule has 2 N–H and O–H groups in total. The Labute approximate surface area is 112 Å². The molecule has 1 aromatic carbocycles. The Morgan fingerprint density at radius 2 is 1.84 bits per heavy atom. The van der Waals surface area contributed by atoms with E-state index in [-0.39, 0.29) is 6.04 Å². The predicted molar refractivity (Wildman–Crippen MR) is 74.2 cm³/mol. The molecular formula is C14H17FN4. The molecule has 0 radical (unpaired) electrons. The van der Waals surface area contributed by atoms with Crippen LogP contribution in [0.1, 0.15) is 19.4 Å². The van der Waals surface area contributed by atoms with Crippen molar-refractivity contribution < 1.29 is 4.39 Å². The van der Waals surface area contributed by atoms with Gasteiger partial charge in [-0.15, -0.1) is 0 Å². The molecular weight excluding hydrogens is 243 g/mol. The van der Waals surface area contributed by atoms with Crippen LogP contribution in [0, 0.1) is 5.82 Å². The van der Waals surface area contributed by atoms with Crippen molar-refractivity contribution in [2.75, 3.05) is 10.6 Å². The van der Waals surface area contributed by atoms with E-state index in [2.05, 4.69) is 9.97 Å². The average Bonchev–Trinajstić information content (AvgIpc) is 2.39. The van der Waals surface area contributed by atoms with Gasteiger partial charge < -0.3 is 10.6 Å². The topological polar surface area (TPSA) is 55.0 Å². The molecule has 100 valence electrons. The van der Waals surface area contributed by atoms with E-state index in [4.69, 9.17) is 5.73 Å². The molecule has 0 aliphatic rings. The molecule has 0 aliphatic heterocycles. The number of benzene rings is 1. The first-order valence-electron chi connectivity index (χ1n) is 6.15. The summed E-state index contributed by atoms with van der Waals surface area (Å²) in [6.45, 7) is 4.66. The highest BCUT2D eigenvalue weighted by Gasteiger charge is 2.15. The Morgan fingerprint density at radius 3 is 2.42 bits per heavy atom. The zero-order chi connectivity index (χ0) is 13.8. The average molecular weight is 260 g/mol. The molecule has 1 aromatic heterocycles. The molecule has 5 heteroatoms. The van der Waals surface area contributed by atoms with Crippen LogP contribution in [0.25, 0.3) is 0 Å². The summed E-state index contributed by atoms with van der Waals surface area (Å²) in [5.74, 6) is 0.0614. The highest BCUT2D eigenvalue weighted by molar-refractivity contribution is 5.48. The lowest BCUT2D eigenvalue weighted by Crippen LogP contribution is -2.32. The van der Waals surface area contributed by atoms with Gasteiger partial charge in [-0.2, -0.15) is 0 Å². The number of nitrogen functional groups attached to an aromatic ring is 1. The lowest BCUT2D eigenvalue weighted by Gasteiger charge is -2.27. The quantitative estimate of drug-likeness (QED) is 0.858. The molecule has 0 aliphatic carbocycles. The first-order chi connectivity index (χ1) is 9.08. The standard InChI is InChI=1S/C14H17FN4/c1-10(2)19(14-17-7-12(15)8-18-14)9-11-5-3-4-6-13(11)16/h3-8,10H,9,16H2,1-2H3. The molecule has 0 spiro atoms. The van der Waals surface area contributed by atoms with E-state index in [1.807, 2.05) is 43.0 Å². The van der Waals surface area contributed by atoms with E-state index in [9.17, 15) is 4.39 Å². The second-order valence-corrected chi connectivity index (χ2v) is 4.62. The third-order valence-electron chi connectivity index (χ3n) is 2.88. The van der Waals surface area contributed by atoms with Crippen LogP contribution in [0.5, 0.6) is 0 Å². The predicted octanol–water partition coefficient (Wildman–Crippen LogP) is 2.61. The molecule has 0 amide bonds. The van der Waals surface area contributed by atoms with Gasteiger partial charge in [0.25, 0.3) is 0 Å². The number of rotatable bonds is 4. The fourth-order valence-corrected chi connectivity index (χ4v) is 1.80. The Balaban J connectivity index is 2.26. The Morgan fingerprint density at radius 1 is 1.21 bits per heavy atom. The number of nitrogens with zero attached hydrogens (tertiary/aromatic N) is 3. The highest BCUT2D eigenvalue weighted by atomic mass is 19.1. The fourth-order valence-electron chi connectivity index (χ4n) is 1.80. The zero-order valence-corrected chi connectivity index (χ0v) is 11.0. The minimum absolute atomic E-state index is 0.185. The maximum atomic E-state index is 12.9. The monoisotopic (exact) mass is 260 g/mol. The first kappa shape index (κ1) is 13.3. The molecule has 0 fully saturated rings. The Bertz CT molecular complexity index is 539. The van der Waals surface area contributed by atoms with Crippen molar-refractivity contribution in [2.45, 2.75) is 26.4 Å². The van der Waals surface area contributed by atoms with Crippen LogP contribution in [0.15, 0.2) is 36.7 Å². The van der Waals surface area contributed by atoms with Crippen LogP contribution in [0.2, 0.25) is 0 Å². The molecule has 0 bridgehead atoms. The van der Waals surface area contributed by atoms with Crippen molar-refractivity contribution in [3.8, 4) is 0 Å². The van der Waals surface area contributed by atoms with Crippen molar-refractivity contribution in [3.05, 3.63) is 48.0 Å². The number of hydrogen-bond acceptors (Lipinski definition) is 4. The summed E-state index contributed by atoms with van der Waals surface area (Å²) in [7, 11) is 0. The molecule has 2 aromatic rings. The van der Waals surface area contributed by atoms with Crippen molar-refractivity contribution in [3.63, 3.8) is 0 Å². The molecule has 2 rings (SSSR count). The van der Waals surface area contributed by atoms with Crippen molar-refractivity contribution in [2.24, 2.45) is 0 Å². The molecule has 1 heterocycles. The van der Waals surface area contributed by atoms with Crippen molar-refractivity contribution >= 4 is 11.6 Å². The number of aromatic nitrogens is 2. The second-order valence-electron chi connectivity index (χ2n) is 4.62. The molecule has 0 saturated carbocycles. The summed E-state index contributed by atoms with van der Waals surface area (Å²) in [6.07, 6.45) is 2.35. The van der Waals surface area contributed by atoms with Crippen LogP contribution in [-0.2, 0) is 6.54 Å². The highest BCUT2D eigenvalue weighted by Crippen LogP contribution is 2.19. The normalized spacial score (nSPS) is 10.7. The maximum Gasteiger partial charge on any atom is 0.225 e. The van der Waals surface area contributed by atoms with Gasteiger partial charge in [0.15, 0.2) is 5.82 Å². The third-order valence-corrected chi connectivity index (χ3v) is 2.88. The Hall–Kier alpha value is -2.17. The van der Waals surface area contributed by atoms with Gasteiger partial charge in [0.2, 0.25) is 5.95 Å². The van der Waals surface area contributed by atoms with Crippen LogP contribution in [0.3, 0.4) is 0 Å². The summed E-state index contributed by atoms with van der Waals surface area (Å²) in [5.41, 5.74) is 7.68. The van der Waals surface area contributed by atoms with Gasteiger partial charge in [0.05, 0.1) is 12.4 Å². The largest absolute Gasteiger partial charge is 0.398 e. The molecule has 0 unspecified atom stereocenters. The summed E-state index contributed by atoms with van der Waals surface area (Å²) < 4.78 is 12.9. The van der Waals surface area contributed by atoms with E-state index >= 15 is 0 Å². The summed E-state index contributed by atoms with van der Waals surface area (Å²) in [4.78, 5) is 10.0. The number of nitrogens with two attached hydrogens (primary N) is 1. The summed E-state index contributed by atoms with van der Waals surface area (Å²) in [6, 6.07) is 7.85. The zero-order valence-electron chi connectivity index (χ0n) is 11.0. The van der Waals surface area contributed by atoms with Crippen LogP contribution in [0.4, 0.5) is 16.0 Å². The number of hydrogen-bond donors (Lipinski definition) is 1. The van der Waals surface area contributed by atoms with E-state index in [1.165, 1.54) is 12.4 Å². The second kappa shape index (κ2) is 5.65. The fraction of sp³-hybridized carbons (Fsp3) is 0.286. The van der Waals surface area contributed by atoms with Gasteiger partial charge in [0.1, 0.15) is 0 Å². The van der Waals surface area contributed by atoms with Crippen molar-refractivity contribution in [1.29, 1.82) is 0 Å². The smallest absolute Gasteiger partial charge is 0.225 e. The number of para-hydroxylation sites is 1. The van der Waals surface area contributed by atoms with Gasteiger partial charge in [-0.25, -0.2) is 14.4 Å². The van der Waals surface area contributed by atoms with Crippen molar-refractivity contribution in [1.82, 2.24) is 9.97 Å². The molecule has 19 heavy (non-hydrogen) atoms. The minimum atomic E-state index is -0.438. The van der Waals surface area contributed by atoms with E-state index in [0.717, 1.165) is 11.3 Å². The minimum Gasteiger partial charge on any atom is -0.398 e. The third kappa shape index (κ3) is 3.19.